The van der Waals surface area contributed by atoms with Gasteiger partial charge in [0, 0.05) is 6.42 Å². The predicted octanol–water partition coefficient (Wildman–Crippen LogP) is -0.0475. The Morgan fingerprint density at radius 3 is 2.50 bits per heavy atom. The van der Waals surface area contributed by atoms with Crippen LogP contribution in [0.2, 0.25) is 0 Å². The zero-order chi connectivity index (χ0) is 12.7. The minimum absolute atomic E-state index is 0.000260. The lowest BCUT2D eigenvalue weighted by Crippen LogP contribution is -2.50. The first-order valence-corrected chi connectivity index (χ1v) is 5.16. The molecule has 0 radical (unpaired) electrons. The summed E-state index contributed by atoms with van der Waals surface area (Å²) in [6.45, 7) is 3.75. The van der Waals surface area contributed by atoms with Crippen molar-refractivity contribution in [1.29, 1.82) is 0 Å². The second-order valence-corrected chi connectivity index (χ2v) is 3.72. The first kappa shape index (κ1) is 14.5. The minimum atomic E-state index is -1.15. The summed E-state index contributed by atoms with van der Waals surface area (Å²) in [6.07, 6.45) is 5.71. The second-order valence-electron chi connectivity index (χ2n) is 3.72. The molecule has 0 aliphatic heterocycles. The van der Waals surface area contributed by atoms with Crippen LogP contribution in [0.5, 0.6) is 0 Å². The molecule has 0 aromatic heterocycles. The van der Waals surface area contributed by atoms with Crippen LogP contribution in [0.3, 0.4) is 0 Å². The highest BCUT2D eigenvalue weighted by molar-refractivity contribution is 5.87. The number of carboxylic acids is 1. The summed E-state index contributed by atoms with van der Waals surface area (Å²) in [6, 6.07) is -1.77. The van der Waals surface area contributed by atoms with Gasteiger partial charge in [-0.15, -0.1) is 12.3 Å². The molecule has 90 valence electrons. The van der Waals surface area contributed by atoms with Crippen LogP contribution in [0.1, 0.15) is 26.7 Å². The van der Waals surface area contributed by atoms with Gasteiger partial charge in [-0.3, -0.25) is 4.79 Å². The van der Waals surface area contributed by atoms with E-state index in [1.807, 2.05) is 13.8 Å². The highest BCUT2D eigenvalue weighted by atomic mass is 16.4. The van der Waals surface area contributed by atoms with Crippen molar-refractivity contribution < 1.29 is 14.7 Å². The normalized spacial score (nSPS) is 15.6. The molecule has 1 amide bonds. The van der Waals surface area contributed by atoms with Gasteiger partial charge in [0.25, 0.3) is 0 Å². The Bertz CT molecular complexity index is 296. The third-order valence-corrected chi connectivity index (χ3v) is 2.50. The number of terminal acetylenes is 1. The zero-order valence-corrected chi connectivity index (χ0v) is 9.56. The first-order chi connectivity index (χ1) is 7.43. The number of aliphatic carboxylic acids is 1. The summed E-state index contributed by atoms with van der Waals surface area (Å²) in [5.74, 6) is 0.575. The number of carbonyl (C=O) groups excluding carboxylic acids is 1. The summed E-state index contributed by atoms with van der Waals surface area (Å²) < 4.78 is 0. The van der Waals surface area contributed by atoms with Gasteiger partial charge in [-0.25, -0.2) is 4.79 Å². The largest absolute Gasteiger partial charge is 0.480 e. The number of hydrogen-bond donors (Lipinski definition) is 3. The molecule has 0 aromatic rings. The molecule has 0 aliphatic rings. The third kappa shape index (κ3) is 4.32. The van der Waals surface area contributed by atoms with Crippen LogP contribution in [-0.2, 0) is 9.59 Å². The Balaban J connectivity index is 4.41. The molecule has 5 heteroatoms. The monoisotopic (exact) mass is 226 g/mol. The standard InChI is InChI=1S/C11H18N2O3/c1-4-6-8(11(15)16)13-10(14)9(12)7(3)5-2/h1,7-9H,5-6,12H2,2-3H3,(H,13,14)(H,15,16)/t7-,8?,9-/m0/s1. The fourth-order valence-corrected chi connectivity index (χ4v) is 1.10. The van der Waals surface area contributed by atoms with E-state index < -0.39 is 24.0 Å². The van der Waals surface area contributed by atoms with Crippen LogP contribution < -0.4 is 11.1 Å². The summed E-state index contributed by atoms with van der Waals surface area (Å²) in [7, 11) is 0. The van der Waals surface area contributed by atoms with Gasteiger partial charge < -0.3 is 16.2 Å². The van der Waals surface area contributed by atoms with E-state index in [1.54, 1.807) is 0 Å². The Kier molecular flexibility index (Phi) is 6.19. The van der Waals surface area contributed by atoms with E-state index in [4.69, 9.17) is 17.3 Å². The maximum absolute atomic E-state index is 11.6. The average Bonchev–Trinajstić information content (AvgIpc) is 2.25. The number of carbonyl (C=O) groups is 2. The Hall–Kier alpha value is -1.54. The number of nitrogens with one attached hydrogen (secondary N) is 1. The maximum Gasteiger partial charge on any atom is 0.327 e. The second kappa shape index (κ2) is 6.85. The predicted molar refractivity (Wildman–Crippen MR) is 60.4 cm³/mol. The quantitative estimate of drug-likeness (QED) is 0.554. The van der Waals surface area contributed by atoms with E-state index in [-0.39, 0.29) is 12.3 Å². The number of hydrogen-bond acceptors (Lipinski definition) is 3. The molecule has 0 aromatic carbocycles. The molecule has 0 heterocycles. The highest BCUT2D eigenvalue weighted by Crippen LogP contribution is 2.05. The number of rotatable bonds is 6. The molecule has 0 bridgehead atoms. The molecule has 0 rings (SSSR count). The van der Waals surface area contributed by atoms with Crippen LogP contribution >= 0.6 is 0 Å². The molecule has 3 atom stereocenters. The van der Waals surface area contributed by atoms with E-state index >= 15 is 0 Å². The molecule has 0 fully saturated rings. The van der Waals surface area contributed by atoms with Gasteiger partial charge in [0.1, 0.15) is 6.04 Å². The lowest BCUT2D eigenvalue weighted by molar-refractivity contribution is -0.142. The van der Waals surface area contributed by atoms with Crippen LogP contribution in [0.15, 0.2) is 0 Å². The molecule has 0 aliphatic carbocycles. The molecular formula is C11H18N2O3. The van der Waals surface area contributed by atoms with Crippen molar-refractivity contribution in [3.63, 3.8) is 0 Å². The van der Waals surface area contributed by atoms with Crippen molar-refractivity contribution in [2.75, 3.05) is 0 Å². The van der Waals surface area contributed by atoms with E-state index in [0.29, 0.717) is 0 Å². The Labute approximate surface area is 95.4 Å². The average molecular weight is 226 g/mol. The van der Waals surface area contributed by atoms with Crippen molar-refractivity contribution in [1.82, 2.24) is 5.32 Å². The van der Waals surface area contributed by atoms with Gasteiger partial charge in [-0.2, -0.15) is 0 Å². The summed E-state index contributed by atoms with van der Waals surface area (Å²) in [5.41, 5.74) is 5.66. The van der Waals surface area contributed by atoms with Gasteiger partial charge in [-0.05, 0) is 5.92 Å². The Morgan fingerprint density at radius 2 is 2.12 bits per heavy atom. The van der Waals surface area contributed by atoms with Crippen molar-refractivity contribution in [2.24, 2.45) is 11.7 Å². The van der Waals surface area contributed by atoms with Gasteiger partial charge in [0.2, 0.25) is 5.91 Å². The van der Waals surface area contributed by atoms with Gasteiger partial charge in [0.05, 0.1) is 6.04 Å². The minimum Gasteiger partial charge on any atom is -0.480 e. The topological polar surface area (TPSA) is 92.4 Å². The number of carboxylic acid groups (broad SMARTS) is 1. The lowest BCUT2D eigenvalue weighted by Gasteiger charge is -2.20. The summed E-state index contributed by atoms with van der Waals surface area (Å²) in [4.78, 5) is 22.3. The molecule has 4 N–H and O–H groups in total. The van der Waals surface area contributed by atoms with Crippen LogP contribution in [0.4, 0.5) is 0 Å². The molecule has 0 saturated heterocycles. The van der Waals surface area contributed by atoms with Crippen molar-refractivity contribution in [3.05, 3.63) is 0 Å². The van der Waals surface area contributed by atoms with Gasteiger partial charge in [0.15, 0.2) is 0 Å². The maximum atomic E-state index is 11.6. The highest BCUT2D eigenvalue weighted by Gasteiger charge is 2.24. The van der Waals surface area contributed by atoms with Crippen LogP contribution in [0, 0.1) is 18.3 Å². The molecule has 5 nitrogen and oxygen atoms in total. The summed E-state index contributed by atoms with van der Waals surface area (Å²) in [5, 5.41) is 11.1. The fourth-order valence-electron chi connectivity index (χ4n) is 1.10. The van der Waals surface area contributed by atoms with Crippen LogP contribution in [0.25, 0.3) is 0 Å². The number of amides is 1. The van der Waals surface area contributed by atoms with E-state index in [2.05, 4.69) is 11.2 Å². The first-order valence-electron chi connectivity index (χ1n) is 5.16. The van der Waals surface area contributed by atoms with E-state index in [0.717, 1.165) is 6.42 Å². The summed E-state index contributed by atoms with van der Waals surface area (Å²) >= 11 is 0. The van der Waals surface area contributed by atoms with Gasteiger partial charge in [-0.1, -0.05) is 20.3 Å². The Morgan fingerprint density at radius 1 is 1.56 bits per heavy atom. The van der Waals surface area contributed by atoms with Crippen molar-refractivity contribution in [3.8, 4) is 12.3 Å². The van der Waals surface area contributed by atoms with Crippen LogP contribution in [-0.4, -0.2) is 29.1 Å². The van der Waals surface area contributed by atoms with E-state index in [9.17, 15) is 9.59 Å². The molecular weight excluding hydrogens is 208 g/mol. The molecule has 16 heavy (non-hydrogen) atoms. The number of nitrogens with two attached hydrogens (primary N) is 1. The SMILES string of the molecule is C#CCC(NC(=O)[C@@H](N)[C@@H](C)CC)C(=O)O. The molecule has 1 unspecified atom stereocenters. The van der Waals surface area contributed by atoms with Gasteiger partial charge >= 0.3 is 5.97 Å². The molecule has 0 spiro atoms. The van der Waals surface area contributed by atoms with Crippen molar-refractivity contribution in [2.45, 2.75) is 38.8 Å². The van der Waals surface area contributed by atoms with E-state index in [1.165, 1.54) is 0 Å². The lowest BCUT2D eigenvalue weighted by atomic mass is 9.99. The third-order valence-electron chi connectivity index (χ3n) is 2.50. The fraction of sp³-hybridized carbons (Fsp3) is 0.636. The zero-order valence-electron chi connectivity index (χ0n) is 9.56. The van der Waals surface area contributed by atoms with Crippen molar-refractivity contribution >= 4 is 11.9 Å². The smallest absolute Gasteiger partial charge is 0.327 e. The molecule has 0 saturated carbocycles.